The van der Waals surface area contributed by atoms with Crippen molar-refractivity contribution in [2.24, 2.45) is 5.92 Å². The zero-order chi connectivity index (χ0) is 19.8. The van der Waals surface area contributed by atoms with Crippen LogP contribution in [0.3, 0.4) is 0 Å². The normalized spacial score (nSPS) is 12.1. The molecule has 0 saturated heterocycles. The minimum absolute atomic E-state index is 0.0717. The number of carbonyl (C=O) groups is 1. The number of nitrogens with zero attached hydrogens (tertiary/aromatic N) is 1. The Balaban J connectivity index is 2.10. The molecule has 0 fully saturated rings. The molecule has 27 heavy (non-hydrogen) atoms. The van der Waals surface area contributed by atoms with E-state index in [0.29, 0.717) is 28.8 Å². The van der Waals surface area contributed by atoms with Crippen LogP contribution < -0.4 is 0 Å². The van der Waals surface area contributed by atoms with Crippen molar-refractivity contribution in [1.82, 2.24) is 10.2 Å². The van der Waals surface area contributed by atoms with Crippen LogP contribution in [0.2, 0.25) is 0 Å². The van der Waals surface area contributed by atoms with E-state index in [-0.39, 0.29) is 5.69 Å². The Labute approximate surface area is 154 Å². The van der Waals surface area contributed by atoms with Gasteiger partial charge in [-0.15, -0.1) is 0 Å². The lowest BCUT2D eigenvalue weighted by Crippen LogP contribution is -2.06. The number of aromatic nitrogens is 2. The number of nitrogens with one attached hydrogen (secondary N) is 1. The highest BCUT2D eigenvalue weighted by Gasteiger charge is 2.30. The fourth-order valence-electron chi connectivity index (χ4n) is 3.23. The molecule has 0 aliphatic rings. The molecule has 142 valence electrons. The van der Waals surface area contributed by atoms with Gasteiger partial charge in [0.25, 0.3) is 0 Å². The average Bonchev–Trinajstić information content (AvgIpc) is 3.01. The van der Waals surface area contributed by atoms with E-state index in [1.165, 1.54) is 12.1 Å². The molecule has 0 saturated carbocycles. The summed E-state index contributed by atoms with van der Waals surface area (Å²) in [4.78, 5) is 11.6. The largest absolute Gasteiger partial charge is 0.476 e. The summed E-state index contributed by atoms with van der Waals surface area (Å²) >= 11 is 0. The van der Waals surface area contributed by atoms with Crippen LogP contribution in [-0.2, 0) is 19.0 Å². The van der Waals surface area contributed by atoms with Crippen molar-refractivity contribution in [3.63, 3.8) is 0 Å². The lowest BCUT2D eigenvalue weighted by atomic mass is 9.90. The lowest BCUT2D eigenvalue weighted by Gasteiger charge is -2.14. The Hall–Kier alpha value is -2.83. The van der Waals surface area contributed by atoms with E-state index >= 15 is 0 Å². The van der Waals surface area contributed by atoms with Crippen molar-refractivity contribution in [3.05, 3.63) is 64.3 Å². The molecule has 0 radical (unpaired) electrons. The number of hydrogen-bond donors (Lipinski definition) is 2. The first kappa shape index (κ1) is 18.9. The molecular formula is C20H19F3N2O2. The summed E-state index contributed by atoms with van der Waals surface area (Å²) in [7, 11) is 0. The summed E-state index contributed by atoms with van der Waals surface area (Å²) < 4.78 is 38.4. The summed E-state index contributed by atoms with van der Waals surface area (Å²) in [6, 6.07) is 8.67. The van der Waals surface area contributed by atoms with Crippen LogP contribution >= 0.6 is 0 Å². The van der Waals surface area contributed by atoms with Gasteiger partial charge in [0.2, 0.25) is 0 Å². The number of hydrogen-bond acceptors (Lipinski definition) is 2. The smallest absolute Gasteiger partial charge is 0.416 e. The van der Waals surface area contributed by atoms with Crippen molar-refractivity contribution in [3.8, 4) is 0 Å². The second-order valence-electron chi connectivity index (χ2n) is 6.97. The van der Waals surface area contributed by atoms with E-state index in [1.807, 2.05) is 6.07 Å². The predicted molar refractivity (Wildman–Crippen MR) is 95.8 cm³/mol. The molecule has 0 bridgehead atoms. The van der Waals surface area contributed by atoms with Gasteiger partial charge in [-0.1, -0.05) is 32.0 Å². The molecule has 0 atom stereocenters. The van der Waals surface area contributed by atoms with Crippen molar-refractivity contribution >= 4 is 16.9 Å². The van der Waals surface area contributed by atoms with E-state index in [9.17, 15) is 23.1 Å². The molecule has 1 heterocycles. The molecule has 2 aromatic carbocycles. The molecular weight excluding hydrogens is 357 g/mol. The molecule has 0 aliphatic carbocycles. The molecule has 2 N–H and O–H groups in total. The zero-order valence-electron chi connectivity index (χ0n) is 14.9. The number of carboxylic acid groups (broad SMARTS) is 1. The number of fused-ring (bicyclic) bond motifs is 1. The quantitative estimate of drug-likeness (QED) is 0.653. The fraction of sp³-hybridized carbons (Fsp3) is 0.300. The maximum absolute atomic E-state index is 12.8. The molecule has 1 aromatic heterocycles. The molecule has 0 unspecified atom stereocenters. The maximum Gasteiger partial charge on any atom is 0.416 e. The van der Waals surface area contributed by atoms with Crippen LogP contribution in [0.25, 0.3) is 10.9 Å². The van der Waals surface area contributed by atoms with Crippen LogP contribution in [0, 0.1) is 5.92 Å². The summed E-state index contributed by atoms with van der Waals surface area (Å²) in [6.07, 6.45) is -3.32. The van der Waals surface area contributed by atoms with Gasteiger partial charge in [0.1, 0.15) is 0 Å². The number of halogens is 3. The number of aromatic carboxylic acids is 1. The Morgan fingerprint density at radius 2 is 1.81 bits per heavy atom. The van der Waals surface area contributed by atoms with Crippen LogP contribution in [0.15, 0.2) is 36.4 Å². The van der Waals surface area contributed by atoms with Crippen LogP contribution in [-0.4, -0.2) is 21.3 Å². The summed E-state index contributed by atoms with van der Waals surface area (Å²) in [5.41, 5.74) is 2.26. The van der Waals surface area contributed by atoms with E-state index in [1.54, 1.807) is 6.07 Å². The topological polar surface area (TPSA) is 66.0 Å². The lowest BCUT2D eigenvalue weighted by molar-refractivity contribution is -0.137. The van der Waals surface area contributed by atoms with Crippen molar-refractivity contribution in [2.75, 3.05) is 0 Å². The van der Waals surface area contributed by atoms with Crippen molar-refractivity contribution < 1.29 is 23.1 Å². The second-order valence-corrected chi connectivity index (χ2v) is 6.97. The third kappa shape index (κ3) is 3.97. The molecule has 3 aromatic rings. The van der Waals surface area contributed by atoms with Gasteiger partial charge in [-0.2, -0.15) is 18.3 Å². The number of rotatable bonds is 5. The Morgan fingerprint density at radius 1 is 1.15 bits per heavy atom. The molecule has 0 aliphatic heterocycles. The first-order chi connectivity index (χ1) is 12.7. The van der Waals surface area contributed by atoms with Crippen LogP contribution in [0.5, 0.6) is 0 Å². The molecule has 0 amide bonds. The van der Waals surface area contributed by atoms with Crippen LogP contribution in [0.1, 0.15) is 46.6 Å². The van der Waals surface area contributed by atoms with Crippen LogP contribution in [0.4, 0.5) is 13.2 Å². The highest BCUT2D eigenvalue weighted by atomic mass is 19.4. The number of carboxylic acids is 1. The van der Waals surface area contributed by atoms with Gasteiger partial charge >= 0.3 is 12.1 Å². The predicted octanol–water partition coefficient (Wildman–Crippen LogP) is 5.07. The van der Waals surface area contributed by atoms with Crippen molar-refractivity contribution in [2.45, 2.75) is 32.9 Å². The van der Waals surface area contributed by atoms with Crippen molar-refractivity contribution in [1.29, 1.82) is 0 Å². The summed E-state index contributed by atoms with van der Waals surface area (Å²) in [5, 5.41) is 16.6. The first-order valence-corrected chi connectivity index (χ1v) is 8.55. The van der Waals surface area contributed by atoms with E-state index in [2.05, 4.69) is 24.0 Å². The highest BCUT2D eigenvalue weighted by Crippen LogP contribution is 2.31. The van der Waals surface area contributed by atoms with E-state index < -0.39 is 17.7 Å². The monoisotopic (exact) mass is 376 g/mol. The SMILES string of the molecule is CC(C)Cc1ccc2[nH]nc(C(=O)O)c2c1Cc1ccc(C(F)(F)F)cc1. The van der Waals surface area contributed by atoms with Gasteiger partial charge in [0.15, 0.2) is 5.69 Å². The van der Waals surface area contributed by atoms with E-state index in [4.69, 9.17) is 0 Å². The second kappa shape index (κ2) is 7.06. The third-order valence-corrected chi connectivity index (χ3v) is 4.43. The summed E-state index contributed by atoms with van der Waals surface area (Å²) in [5.74, 6) is -0.800. The number of H-pyrrole nitrogens is 1. The zero-order valence-corrected chi connectivity index (χ0v) is 14.9. The summed E-state index contributed by atoms with van der Waals surface area (Å²) in [6.45, 7) is 4.11. The number of alkyl halides is 3. The van der Waals surface area contributed by atoms with Gasteiger partial charge in [-0.3, -0.25) is 5.10 Å². The molecule has 3 rings (SSSR count). The molecule has 7 heteroatoms. The minimum atomic E-state index is -4.39. The molecule has 0 spiro atoms. The van der Waals surface area contributed by atoms with Gasteiger partial charge in [-0.25, -0.2) is 4.79 Å². The Bertz CT molecular complexity index is 973. The molecule has 4 nitrogen and oxygen atoms in total. The Kier molecular flexibility index (Phi) is 4.95. The number of benzene rings is 2. The highest BCUT2D eigenvalue weighted by molar-refractivity contribution is 6.03. The number of aromatic amines is 1. The fourth-order valence-corrected chi connectivity index (χ4v) is 3.23. The Morgan fingerprint density at radius 3 is 2.37 bits per heavy atom. The minimum Gasteiger partial charge on any atom is -0.476 e. The standard InChI is InChI=1S/C20H19F3N2O2/c1-11(2)9-13-5-8-16-17(18(19(26)27)25-24-16)15(13)10-12-3-6-14(7-4-12)20(21,22)23/h3-8,11H,9-10H2,1-2H3,(H,24,25)(H,26,27). The van der Waals surface area contributed by atoms with Gasteiger partial charge in [0, 0.05) is 5.39 Å². The maximum atomic E-state index is 12.8. The average molecular weight is 376 g/mol. The third-order valence-electron chi connectivity index (χ3n) is 4.43. The van der Waals surface area contributed by atoms with Gasteiger partial charge in [0.05, 0.1) is 11.1 Å². The van der Waals surface area contributed by atoms with Gasteiger partial charge < -0.3 is 5.11 Å². The van der Waals surface area contributed by atoms with Gasteiger partial charge in [-0.05, 0) is 53.6 Å². The van der Waals surface area contributed by atoms with E-state index in [0.717, 1.165) is 29.7 Å². The first-order valence-electron chi connectivity index (χ1n) is 8.55.